The predicted octanol–water partition coefficient (Wildman–Crippen LogP) is 2.57. The second-order valence-electron chi connectivity index (χ2n) is 5.28. The Bertz CT molecular complexity index is 546. The van der Waals surface area contributed by atoms with Crippen LogP contribution in [-0.4, -0.2) is 22.5 Å². The molecule has 0 fully saturated rings. The zero-order valence-corrected chi connectivity index (χ0v) is 12.0. The molecule has 4 heteroatoms. The van der Waals surface area contributed by atoms with Crippen molar-refractivity contribution in [2.24, 2.45) is 11.7 Å². The number of nitrogens with zero attached hydrogens (tertiary/aromatic N) is 2. The highest BCUT2D eigenvalue weighted by Crippen LogP contribution is 2.22. The molecule has 2 aromatic heterocycles. The number of aryl methyl sites for hydroxylation is 1. The molecule has 0 radical (unpaired) electrons. The first-order valence-corrected chi connectivity index (χ1v) is 6.93. The van der Waals surface area contributed by atoms with Crippen LogP contribution in [0.1, 0.15) is 31.7 Å². The Morgan fingerprint density at radius 2 is 2.21 bits per heavy atom. The van der Waals surface area contributed by atoms with Gasteiger partial charge in [0.05, 0.1) is 12.3 Å². The van der Waals surface area contributed by atoms with Crippen molar-refractivity contribution in [2.75, 3.05) is 13.2 Å². The standard InChI is InChI=1S/C15H23N3O/c1-11(2)7-10-19-14-5-4-9-18-13(6-8-16)12(3)17-15(14)18/h4-5,9,11H,6-8,10,16H2,1-3H3. The van der Waals surface area contributed by atoms with Gasteiger partial charge in [-0.05, 0) is 37.9 Å². The first-order chi connectivity index (χ1) is 9.13. The first kappa shape index (κ1) is 13.9. The third-order valence-electron chi connectivity index (χ3n) is 3.25. The fourth-order valence-corrected chi connectivity index (χ4v) is 2.16. The fourth-order valence-electron chi connectivity index (χ4n) is 2.16. The van der Waals surface area contributed by atoms with Gasteiger partial charge in [-0.15, -0.1) is 0 Å². The highest BCUT2D eigenvalue weighted by atomic mass is 16.5. The smallest absolute Gasteiger partial charge is 0.180 e. The topological polar surface area (TPSA) is 52.5 Å². The van der Waals surface area contributed by atoms with Gasteiger partial charge in [0.25, 0.3) is 0 Å². The highest BCUT2D eigenvalue weighted by Gasteiger charge is 2.11. The largest absolute Gasteiger partial charge is 0.490 e. The van der Waals surface area contributed by atoms with Gasteiger partial charge >= 0.3 is 0 Å². The van der Waals surface area contributed by atoms with Gasteiger partial charge in [0, 0.05) is 18.3 Å². The van der Waals surface area contributed by atoms with Crippen molar-refractivity contribution >= 4 is 5.65 Å². The van der Waals surface area contributed by atoms with Crippen molar-refractivity contribution in [3.63, 3.8) is 0 Å². The summed E-state index contributed by atoms with van der Waals surface area (Å²) in [4.78, 5) is 4.61. The normalized spacial score (nSPS) is 11.4. The van der Waals surface area contributed by atoms with Gasteiger partial charge < -0.3 is 14.9 Å². The predicted molar refractivity (Wildman–Crippen MR) is 77.6 cm³/mol. The molecule has 0 unspecified atom stereocenters. The molecule has 0 aliphatic carbocycles. The van der Waals surface area contributed by atoms with Gasteiger partial charge in [0.15, 0.2) is 11.4 Å². The fraction of sp³-hybridized carbons (Fsp3) is 0.533. The maximum atomic E-state index is 5.86. The van der Waals surface area contributed by atoms with Gasteiger partial charge in [-0.2, -0.15) is 0 Å². The van der Waals surface area contributed by atoms with Crippen molar-refractivity contribution in [3.05, 3.63) is 29.7 Å². The molecule has 0 aliphatic rings. The molecule has 2 rings (SSSR count). The van der Waals surface area contributed by atoms with E-state index in [2.05, 4.69) is 23.2 Å². The Labute approximate surface area is 114 Å². The van der Waals surface area contributed by atoms with E-state index in [1.54, 1.807) is 0 Å². The number of hydrogen-bond acceptors (Lipinski definition) is 3. The van der Waals surface area contributed by atoms with Gasteiger partial charge in [0.2, 0.25) is 0 Å². The van der Waals surface area contributed by atoms with E-state index in [4.69, 9.17) is 10.5 Å². The van der Waals surface area contributed by atoms with Crippen LogP contribution in [0.3, 0.4) is 0 Å². The third kappa shape index (κ3) is 3.07. The third-order valence-corrected chi connectivity index (χ3v) is 3.25. The summed E-state index contributed by atoms with van der Waals surface area (Å²) in [5, 5.41) is 0. The monoisotopic (exact) mass is 261 g/mol. The molecule has 0 aromatic carbocycles. The Morgan fingerprint density at radius 3 is 2.89 bits per heavy atom. The molecule has 0 saturated heterocycles. The van der Waals surface area contributed by atoms with Gasteiger partial charge in [-0.1, -0.05) is 13.8 Å². The first-order valence-electron chi connectivity index (χ1n) is 6.93. The summed E-state index contributed by atoms with van der Waals surface area (Å²) in [5.74, 6) is 1.50. The number of pyridine rings is 1. The minimum atomic E-state index is 0.632. The Hall–Kier alpha value is -1.55. The van der Waals surface area contributed by atoms with Crippen LogP contribution in [0, 0.1) is 12.8 Å². The molecule has 0 atom stereocenters. The molecular formula is C15H23N3O. The molecule has 104 valence electrons. The number of hydrogen-bond donors (Lipinski definition) is 1. The van der Waals surface area contributed by atoms with Crippen LogP contribution in [0.25, 0.3) is 5.65 Å². The average Bonchev–Trinajstić information content (AvgIpc) is 2.68. The lowest BCUT2D eigenvalue weighted by atomic mass is 10.1. The SMILES string of the molecule is Cc1nc2c(OCCC(C)C)cccn2c1CCN. The summed E-state index contributed by atoms with van der Waals surface area (Å²) in [7, 11) is 0. The minimum absolute atomic E-state index is 0.632. The van der Waals surface area contributed by atoms with Crippen LogP contribution >= 0.6 is 0 Å². The lowest BCUT2D eigenvalue weighted by molar-refractivity contribution is 0.291. The molecular weight excluding hydrogens is 238 g/mol. The maximum absolute atomic E-state index is 5.86. The number of ether oxygens (including phenoxy) is 1. The van der Waals surface area contributed by atoms with E-state index < -0.39 is 0 Å². The lowest BCUT2D eigenvalue weighted by Crippen LogP contribution is -2.06. The quantitative estimate of drug-likeness (QED) is 0.869. The van der Waals surface area contributed by atoms with E-state index >= 15 is 0 Å². The zero-order chi connectivity index (χ0) is 13.8. The number of rotatable bonds is 6. The molecule has 0 amide bonds. The van der Waals surface area contributed by atoms with E-state index in [-0.39, 0.29) is 0 Å². The van der Waals surface area contributed by atoms with Gasteiger partial charge in [0.1, 0.15) is 0 Å². The van der Waals surface area contributed by atoms with E-state index in [0.29, 0.717) is 12.5 Å². The summed E-state index contributed by atoms with van der Waals surface area (Å²) >= 11 is 0. The van der Waals surface area contributed by atoms with Gasteiger partial charge in [-0.3, -0.25) is 0 Å². The minimum Gasteiger partial charge on any atom is -0.490 e. The summed E-state index contributed by atoms with van der Waals surface area (Å²) in [6.07, 6.45) is 3.91. The van der Waals surface area contributed by atoms with E-state index in [0.717, 1.165) is 36.5 Å². The summed E-state index contributed by atoms with van der Waals surface area (Å²) in [5.41, 5.74) is 8.76. The Balaban J connectivity index is 2.27. The van der Waals surface area contributed by atoms with Crippen molar-refractivity contribution < 1.29 is 4.74 Å². The van der Waals surface area contributed by atoms with Crippen LogP contribution in [0.5, 0.6) is 5.75 Å². The van der Waals surface area contributed by atoms with Crippen LogP contribution in [0.2, 0.25) is 0 Å². The van der Waals surface area contributed by atoms with Crippen molar-refractivity contribution in [3.8, 4) is 5.75 Å². The summed E-state index contributed by atoms with van der Waals surface area (Å²) in [6.45, 7) is 7.78. The van der Waals surface area contributed by atoms with Crippen LogP contribution in [0.4, 0.5) is 0 Å². The molecule has 19 heavy (non-hydrogen) atoms. The molecule has 0 spiro atoms. The molecule has 2 aromatic rings. The molecule has 0 aliphatic heterocycles. The molecule has 4 nitrogen and oxygen atoms in total. The molecule has 2 N–H and O–H groups in total. The van der Waals surface area contributed by atoms with Crippen molar-refractivity contribution in [1.29, 1.82) is 0 Å². The van der Waals surface area contributed by atoms with E-state index in [1.165, 1.54) is 5.69 Å². The van der Waals surface area contributed by atoms with Crippen LogP contribution < -0.4 is 10.5 Å². The second-order valence-corrected chi connectivity index (χ2v) is 5.28. The Kier molecular flexibility index (Phi) is 4.43. The Morgan fingerprint density at radius 1 is 1.42 bits per heavy atom. The number of nitrogens with two attached hydrogens (primary N) is 1. The van der Waals surface area contributed by atoms with Crippen LogP contribution in [0.15, 0.2) is 18.3 Å². The zero-order valence-electron chi connectivity index (χ0n) is 12.0. The average molecular weight is 261 g/mol. The van der Waals surface area contributed by atoms with Crippen LogP contribution in [-0.2, 0) is 6.42 Å². The summed E-state index contributed by atoms with van der Waals surface area (Å²) < 4.78 is 7.95. The maximum Gasteiger partial charge on any atom is 0.180 e. The molecule has 2 heterocycles. The number of aromatic nitrogens is 2. The second kappa shape index (κ2) is 6.06. The lowest BCUT2D eigenvalue weighted by Gasteiger charge is -2.09. The van der Waals surface area contributed by atoms with Crippen molar-refractivity contribution in [1.82, 2.24) is 9.38 Å². The molecule has 0 saturated carbocycles. The van der Waals surface area contributed by atoms with E-state index in [9.17, 15) is 0 Å². The number of imidazole rings is 1. The summed E-state index contributed by atoms with van der Waals surface area (Å²) in [6, 6.07) is 3.98. The van der Waals surface area contributed by atoms with E-state index in [1.807, 2.05) is 25.3 Å². The van der Waals surface area contributed by atoms with Crippen molar-refractivity contribution in [2.45, 2.75) is 33.6 Å². The van der Waals surface area contributed by atoms with Gasteiger partial charge in [-0.25, -0.2) is 4.98 Å². The highest BCUT2D eigenvalue weighted by molar-refractivity contribution is 5.56. The number of fused-ring (bicyclic) bond motifs is 1. The molecule has 0 bridgehead atoms.